The number of morpholine rings is 1. The first-order valence-corrected chi connectivity index (χ1v) is 10.7. The summed E-state index contributed by atoms with van der Waals surface area (Å²) in [5.74, 6) is 0.167. The molecule has 1 atom stereocenters. The Kier molecular flexibility index (Phi) is 6.37. The Labute approximate surface area is 161 Å². The van der Waals surface area contributed by atoms with Crippen molar-refractivity contribution in [3.63, 3.8) is 0 Å². The van der Waals surface area contributed by atoms with E-state index in [2.05, 4.69) is 15.5 Å². The lowest BCUT2D eigenvalue weighted by Crippen LogP contribution is -2.40. The van der Waals surface area contributed by atoms with Crippen LogP contribution in [0.2, 0.25) is 0 Å². The van der Waals surface area contributed by atoms with Crippen LogP contribution in [0, 0.1) is 0 Å². The van der Waals surface area contributed by atoms with E-state index in [0.717, 1.165) is 11.3 Å². The Hall–Kier alpha value is -2.08. The van der Waals surface area contributed by atoms with E-state index in [9.17, 15) is 13.2 Å². The third-order valence-corrected chi connectivity index (χ3v) is 6.94. The molecule has 0 spiro atoms. The molecule has 3 rings (SSSR count). The van der Waals surface area contributed by atoms with Gasteiger partial charge in [-0.15, -0.1) is 10.2 Å². The summed E-state index contributed by atoms with van der Waals surface area (Å²) in [5, 5.41) is 10.2. The van der Waals surface area contributed by atoms with E-state index < -0.39 is 22.0 Å². The molecule has 1 N–H and O–H groups in total. The smallest absolute Gasteiger partial charge is 0.272 e. The van der Waals surface area contributed by atoms with Gasteiger partial charge in [0, 0.05) is 13.1 Å². The molecule has 146 valence electrons. The van der Waals surface area contributed by atoms with Crippen LogP contribution in [0.4, 0.5) is 5.13 Å². The molecule has 27 heavy (non-hydrogen) atoms. The Bertz CT molecular complexity index is 866. The van der Waals surface area contributed by atoms with E-state index in [4.69, 9.17) is 9.47 Å². The van der Waals surface area contributed by atoms with E-state index in [1.807, 2.05) is 25.1 Å². The van der Waals surface area contributed by atoms with Crippen molar-refractivity contribution in [1.29, 1.82) is 0 Å². The second kappa shape index (κ2) is 8.74. The summed E-state index contributed by atoms with van der Waals surface area (Å²) in [6.45, 7) is 3.05. The third kappa shape index (κ3) is 4.80. The van der Waals surface area contributed by atoms with Gasteiger partial charge in [-0.3, -0.25) is 10.1 Å². The van der Waals surface area contributed by atoms with Gasteiger partial charge in [0.25, 0.3) is 15.9 Å². The molecule has 1 aromatic heterocycles. The zero-order chi connectivity index (χ0) is 19.3. The molecule has 0 unspecified atom stereocenters. The molecule has 2 heterocycles. The van der Waals surface area contributed by atoms with Crippen LogP contribution in [0.1, 0.15) is 13.3 Å². The van der Waals surface area contributed by atoms with Crippen LogP contribution in [0.5, 0.6) is 5.75 Å². The Morgan fingerprint density at radius 3 is 2.67 bits per heavy atom. The molecule has 1 amide bonds. The molecule has 1 aliphatic heterocycles. The van der Waals surface area contributed by atoms with Crippen LogP contribution >= 0.6 is 11.3 Å². The van der Waals surface area contributed by atoms with Gasteiger partial charge in [-0.05, 0) is 18.6 Å². The number of rotatable bonds is 7. The first-order valence-electron chi connectivity index (χ1n) is 8.44. The first-order chi connectivity index (χ1) is 13.0. The standard InChI is InChI=1S/C16H20N4O5S2/c1-2-13(25-12-6-4-3-5-7-12)14(21)17-15-18-19-16(26-15)27(22,23)20-8-10-24-11-9-20/h3-7,13H,2,8-11H2,1H3,(H,17,18,21)/t13-/m0/s1. The van der Waals surface area contributed by atoms with Gasteiger partial charge < -0.3 is 9.47 Å². The highest BCUT2D eigenvalue weighted by molar-refractivity contribution is 7.91. The fourth-order valence-corrected chi connectivity index (χ4v) is 4.88. The van der Waals surface area contributed by atoms with Crippen molar-refractivity contribution in [1.82, 2.24) is 14.5 Å². The Morgan fingerprint density at radius 2 is 2.00 bits per heavy atom. The average molecular weight is 412 g/mol. The zero-order valence-electron chi connectivity index (χ0n) is 14.7. The molecule has 1 fully saturated rings. The summed E-state index contributed by atoms with van der Waals surface area (Å²) in [6, 6.07) is 8.99. The second-order valence-corrected chi connectivity index (χ2v) is 8.80. The third-order valence-electron chi connectivity index (χ3n) is 3.85. The van der Waals surface area contributed by atoms with Gasteiger partial charge in [0.2, 0.25) is 9.47 Å². The minimum absolute atomic E-state index is 0.113. The topological polar surface area (TPSA) is 111 Å². The molecule has 9 nitrogen and oxygen atoms in total. The number of sulfonamides is 1. The summed E-state index contributed by atoms with van der Waals surface area (Å²) < 4.78 is 37.1. The number of aromatic nitrogens is 2. The van der Waals surface area contributed by atoms with Gasteiger partial charge in [-0.1, -0.05) is 36.5 Å². The van der Waals surface area contributed by atoms with Crippen LogP contribution in [0.15, 0.2) is 34.7 Å². The number of carbonyl (C=O) groups is 1. The quantitative estimate of drug-likeness (QED) is 0.684. The predicted molar refractivity (Wildman–Crippen MR) is 99.3 cm³/mol. The highest BCUT2D eigenvalue weighted by Crippen LogP contribution is 2.24. The monoisotopic (exact) mass is 412 g/mol. The molecule has 2 aromatic rings. The van der Waals surface area contributed by atoms with Crippen molar-refractivity contribution in [3.05, 3.63) is 30.3 Å². The van der Waals surface area contributed by atoms with Gasteiger partial charge in [-0.2, -0.15) is 4.31 Å². The summed E-state index contributed by atoms with van der Waals surface area (Å²) in [4.78, 5) is 12.4. The number of nitrogens with one attached hydrogen (secondary N) is 1. The average Bonchev–Trinajstić information content (AvgIpc) is 3.17. The molecule has 0 radical (unpaired) electrons. The molecule has 1 aromatic carbocycles. The number of para-hydroxylation sites is 1. The molecule has 0 bridgehead atoms. The number of ether oxygens (including phenoxy) is 2. The van der Waals surface area contributed by atoms with Crippen molar-refractivity contribution < 1.29 is 22.7 Å². The van der Waals surface area contributed by atoms with Crippen LogP contribution in [0.3, 0.4) is 0 Å². The van der Waals surface area contributed by atoms with Gasteiger partial charge in [0.15, 0.2) is 6.10 Å². The van der Waals surface area contributed by atoms with Crippen molar-refractivity contribution in [2.24, 2.45) is 0 Å². The van der Waals surface area contributed by atoms with Gasteiger partial charge in [0.1, 0.15) is 5.75 Å². The van der Waals surface area contributed by atoms with Crippen LogP contribution in [-0.4, -0.2) is 61.2 Å². The maximum absolute atomic E-state index is 12.6. The molecule has 0 aliphatic carbocycles. The van der Waals surface area contributed by atoms with Crippen LogP contribution < -0.4 is 10.1 Å². The number of anilines is 1. The maximum Gasteiger partial charge on any atom is 0.272 e. The lowest BCUT2D eigenvalue weighted by atomic mass is 10.2. The normalized spacial score (nSPS) is 16.6. The fraction of sp³-hybridized carbons (Fsp3) is 0.438. The number of hydrogen-bond donors (Lipinski definition) is 1. The Morgan fingerprint density at radius 1 is 1.30 bits per heavy atom. The van der Waals surface area contributed by atoms with E-state index in [1.54, 1.807) is 12.1 Å². The lowest BCUT2D eigenvalue weighted by molar-refractivity contribution is -0.122. The fourth-order valence-electron chi connectivity index (χ4n) is 2.43. The van der Waals surface area contributed by atoms with Crippen molar-refractivity contribution in [2.45, 2.75) is 23.8 Å². The van der Waals surface area contributed by atoms with Crippen LogP contribution in [0.25, 0.3) is 0 Å². The number of amides is 1. The summed E-state index contributed by atoms with van der Waals surface area (Å²) in [5.41, 5.74) is 0. The predicted octanol–water partition coefficient (Wildman–Crippen LogP) is 1.36. The Balaban J connectivity index is 1.66. The number of benzene rings is 1. The van der Waals surface area contributed by atoms with E-state index in [0.29, 0.717) is 25.4 Å². The van der Waals surface area contributed by atoms with Gasteiger partial charge in [-0.25, -0.2) is 8.42 Å². The van der Waals surface area contributed by atoms with E-state index in [1.165, 1.54) is 4.31 Å². The molecule has 0 saturated carbocycles. The number of nitrogens with zero attached hydrogens (tertiary/aromatic N) is 3. The second-order valence-electron chi connectivity index (χ2n) is 5.71. The molecular weight excluding hydrogens is 392 g/mol. The molecule has 11 heteroatoms. The van der Waals surface area contributed by atoms with E-state index >= 15 is 0 Å². The lowest BCUT2D eigenvalue weighted by Gasteiger charge is -2.24. The molecule has 1 saturated heterocycles. The maximum atomic E-state index is 12.6. The highest BCUT2D eigenvalue weighted by Gasteiger charge is 2.30. The van der Waals surface area contributed by atoms with Crippen molar-refractivity contribution in [3.8, 4) is 5.75 Å². The molecular formula is C16H20N4O5S2. The summed E-state index contributed by atoms with van der Waals surface area (Å²) in [7, 11) is -3.74. The largest absolute Gasteiger partial charge is 0.481 e. The van der Waals surface area contributed by atoms with Crippen molar-refractivity contribution >= 4 is 32.4 Å². The summed E-state index contributed by atoms with van der Waals surface area (Å²) >= 11 is 0.816. The van der Waals surface area contributed by atoms with Gasteiger partial charge >= 0.3 is 0 Å². The zero-order valence-corrected chi connectivity index (χ0v) is 16.3. The van der Waals surface area contributed by atoms with Gasteiger partial charge in [0.05, 0.1) is 13.2 Å². The number of carbonyl (C=O) groups excluding carboxylic acids is 1. The first kappa shape index (κ1) is 19.7. The van der Waals surface area contributed by atoms with Crippen LogP contribution in [-0.2, 0) is 19.6 Å². The van der Waals surface area contributed by atoms with Crippen molar-refractivity contribution in [2.75, 3.05) is 31.6 Å². The minimum Gasteiger partial charge on any atom is -0.481 e. The number of hydrogen-bond acceptors (Lipinski definition) is 8. The SMILES string of the molecule is CC[C@H](Oc1ccccc1)C(=O)Nc1nnc(S(=O)(=O)N2CCOCC2)s1. The van der Waals surface area contributed by atoms with E-state index in [-0.39, 0.29) is 22.6 Å². The molecule has 1 aliphatic rings. The minimum atomic E-state index is -3.74. The highest BCUT2D eigenvalue weighted by atomic mass is 32.2. The summed E-state index contributed by atoms with van der Waals surface area (Å²) in [6.07, 6.45) is -0.283.